The average Bonchev–Trinajstić information content (AvgIpc) is 2.41. The van der Waals surface area contributed by atoms with Gasteiger partial charge in [-0.2, -0.15) is 5.26 Å². The summed E-state index contributed by atoms with van der Waals surface area (Å²) in [6.07, 6.45) is 0. The van der Waals surface area contributed by atoms with Gasteiger partial charge in [0.1, 0.15) is 0 Å². The van der Waals surface area contributed by atoms with E-state index in [1.54, 1.807) is 0 Å². The van der Waals surface area contributed by atoms with Gasteiger partial charge in [-0.25, -0.2) is 0 Å². The molecule has 3 heteroatoms. The molecular weight excluding hydrogens is 300 g/mol. The van der Waals surface area contributed by atoms with Crippen LogP contribution in [0.3, 0.4) is 0 Å². The van der Waals surface area contributed by atoms with Crippen molar-refractivity contribution >= 4 is 27.3 Å². The summed E-state index contributed by atoms with van der Waals surface area (Å²) in [4.78, 5) is 2.22. The van der Waals surface area contributed by atoms with Crippen molar-refractivity contribution in [1.29, 1.82) is 5.26 Å². The van der Waals surface area contributed by atoms with Crippen LogP contribution in [-0.4, -0.2) is 6.54 Å². The highest BCUT2D eigenvalue weighted by molar-refractivity contribution is 9.10. The van der Waals surface area contributed by atoms with Crippen molar-refractivity contribution in [1.82, 2.24) is 0 Å². The topological polar surface area (TPSA) is 27.0 Å². The first-order chi connectivity index (χ1) is 9.15. The molecule has 0 aromatic heterocycles. The Morgan fingerprint density at radius 2 is 2.00 bits per heavy atom. The number of hydrogen-bond donors (Lipinski definition) is 0. The minimum absolute atomic E-state index is 0.663. The van der Waals surface area contributed by atoms with Crippen LogP contribution >= 0.6 is 15.9 Å². The largest absolute Gasteiger partial charge is 0.341 e. The Morgan fingerprint density at radius 1 is 1.21 bits per heavy atom. The Bertz CT molecular complexity index is 629. The molecule has 0 amide bonds. The summed E-state index contributed by atoms with van der Waals surface area (Å²) in [6, 6.07) is 16.2. The standard InChI is InChI=1S/C16H15BrN2/c1-3-19(14-6-4-5-12(2)9-14)16-8-7-13(11-18)10-15(16)17/h4-10H,3H2,1-2H3. The van der Waals surface area contributed by atoms with Gasteiger partial charge in [-0.3, -0.25) is 0 Å². The zero-order valence-electron chi connectivity index (χ0n) is 11.0. The van der Waals surface area contributed by atoms with Gasteiger partial charge in [0.15, 0.2) is 0 Å². The van der Waals surface area contributed by atoms with Crippen molar-refractivity contribution in [3.8, 4) is 6.07 Å². The van der Waals surface area contributed by atoms with Crippen LogP contribution in [0.1, 0.15) is 18.1 Å². The second-order valence-corrected chi connectivity index (χ2v) is 5.22. The Labute approximate surface area is 122 Å². The van der Waals surface area contributed by atoms with E-state index in [2.05, 4.69) is 65.0 Å². The normalized spacial score (nSPS) is 10.0. The Morgan fingerprint density at radius 3 is 2.58 bits per heavy atom. The van der Waals surface area contributed by atoms with Crippen LogP contribution in [0, 0.1) is 18.3 Å². The van der Waals surface area contributed by atoms with E-state index >= 15 is 0 Å². The summed E-state index contributed by atoms with van der Waals surface area (Å²) in [6.45, 7) is 5.08. The summed E-state index contributed by atoms with van der Waals surface area (Å²) >= 11 is 3.55. The van der Waals surface area contributed by atoms with Crippen molar-refractivity contribution in [3.63, 3.8) is 0 Å². The lowest BCUT2D eigenvalue weighted by Crippen LogP contribution is -2.16. The lowest BCUT2D eigenvalue weighted by Gasteiger charge is -2.25. The van der Waals surface area contributed by atoms with E-state index in [1.807, 2.05) is 18.2 Å². The molecule has 0 radical (unpaired) electrons. The van der Waals surface area contributed by atoms with Gasteiger partial charge in [-0.05, 0) is 65.7 Å². The SMILES string of the molecule is CCN(c1cccc(C)c1)c1ccc(C#N)cc1Br. The molecule has 19 heavy (non-hydrogen) atoms. The molecule has 0 unspecified atom stereocenters. The first kappa shape index (κ1) is 13.6. The molecule has 0 aliphatic heterocycles. The third-order valence-electron chi connectivity index (χ3n) is 3.00. The van der Waals surface area contributed by atoms with E-state index < -0.39 is 0 Å². The Hall–Kier alpha value is -1.79. The first-order valence-electron chi connectivity index (χ1n) is 6.19. The zero-order valence-corrected chi connectivity index (χ0v) is 12.6. The van der Waals surface area contributed by atoms with Crippen LogP contribution in [0.15, 0.2) is 46.9 Å². The minimum Gasteiger partial charge on any atom is -0.341 e. The van der Waals surface area contributed by atoms with Gasteiger partial charge in [-0.1, -0.05) is 12.1 Å². The molecule has 0 fully saturated rings. The van der Waals surface area contributed by atoms with Gasteiger partial charge in [0, 0.05) is 16.7 Å². The number of benzene rings is 2. The van der Waals surface area contributed by atoms with Crippen molar-refractivity contribution in [2.75, 3.05) is 11.4 Å². The van der Waals surface area contributed by atoms with E-state index in [4.69, 9.17) is 5.26 Å². The lowest BCUT2D eigenvalue weighted by molar-refractivity contribution is 1.02. The highest BCUT2D eigenvalue weighted by atomic mass is 79.9. The van der Waals surface area contributed by atoms with Crippen molar-refractivity contribution in [2.24, 2.45) is 0 Å². The summed E-state index contributed by atoms with van der Waals surface area (Å²) in [5.41, 5.74) is 4.14. The highest BCUT2D eigenvalue weighted by Crippen LogP contribution is 2.32. The molecule has 0 saturated heterocycles. The number of nitriles is 1. The van der Waals surface area contributed by atoms with Crippen LogP contribution < -0.4 is 4.90 Å². The van der Waals surface area contributed by atoms with Gasteiger partial charge < -0.3 is 4.90 Å². The van der Waals surface area contributed by atoms with E-state index in [9.17, 15) is 0 Å². The molecule has 2 aromatic carbocycles. The van der Waals surface area contributed by atoms with Gasteiger partial charge in [0.25, 0.3) is 0 Å². The lowest BCUT2D eigenvalue weighted by atomic mass is 10.1. The average molecular weight is 315 g/mol. The number of hydrogen-bond acceptors (Lipinski definition) is 2. The second kappa shape index (κ2) is 5.90. The predicted octanol–water partition coefficient (Wildman–Crippen LogP) is 4.79. The molecule has 0 bridgehead atoms. The van der Waals surface area contributed by atoms with Crippen LogP contribution in [0.5, 0.6) is 0 Å². The zero-order chi connectivity index (χ0) is 13.8. The van der Waals surface area contributed by atoms with Crippen LogP contribution in [0.4, 0.5) is 11.4 Å². The highest BCUT2D eigenvalue weighted by Gasteiger charge is 2.11. The number of nitrogens with zero attached hydrogens (tertiary/aromatic N) is 2. The fourth-order valence-electron chi connectivity index (χ4n) is 2.08. The molecule has 2 nitrogen and oxygen atoms in total. The molecule has 2 rings (SSSR count). The van der Waals surface area contributed by atoms with Crippen LogP contribution in [-0.2, 0) is 0 Å². The predicted molar refractivity (Wildman–Crippen MR) is 82.7 cm³/mol. The Balaban J connectivity index is 2.46. The molecule has 0 atom stereocenters. The van der Waals surface area contributed by atoms with Gasteiger partial charge in [0.05, 0.1) is 17.3 Å². The maximum absolute atomic E-state index is 8.92. The number of halogens is 1. The van der Waals surface area contributed by atoms with Crippen molar-refractivity contribution in [2.45, 2.75) is 13.8 Å². The summed E-state index contributed by atoms with van der Waals surface area (Å²) in [5.74, 6) is 0. The maximum atomic E-state index is 8.92. The maximum Gasteiger partial charge on any atom is 0.0992 e. The molecule has 2 aromatic rings. The third kappa shape index (κ3) is 2.97. The fourth-order valence-corrected chi connectivity index (χ4v) is 2.68. The molecular formula is C16H15BrN2. The molecule has 0 spiro atoms. The quantitative estimate of drug-likeness (QED) is 0.814. The van der Waals surface area contributed by atoms with Gasteiger partial charge >= 0.3 is 0 Å². The smallest absolute Gasteiger partial charge is 0.0992 e. The molecule has 0 aliphatic rings. The molecule has 96 valence electrons. The number of aryl methyl sites for hydroxylation is 1. The molecule has 0 N–H and O–H groups in total. The monoisotopic (exact) mass is 314 g/mol. The van der Waals surface area contributed by atoms with E-state index in [0.717, 1.165) is 22.4 Å². The number of anilines is 2. The Kier molecular flexibility index (Phi) is 4.24. The van der Waals surface area contributed by atoms with E-state index in [0.29, 0.717) is 5.56 Å². The molecule has 0 saturated carbocycles. The molecule has 0 aliphatic carbocycles. The van der Waals surface area contributed by atoms with Crippen molar-refractivity contribution in [3.05, 3.63) is 58.1 Å². The summed E-state index contributed by atoms with van der Waals surface area (Å²) in [5, 5.41) is 8.92. The van der Waals surface area contributed by atoms with Gasteiger partial charge in [-0.15, -0.1) is 0 Å². The summed E-state index contributed by atoms with van der Waals surface area (Å²) < 4.78 is 0.940. The number of rotatable bonds is 3. The second-order valence-electron chi connectivity index (χ2n) is 4.36. The first-order valence-corrected chi connectivity index (χ1v) is 6.99. The van der Waals surface area contributed by atoms with Gasteiger partial charge in [0.2, 0.25) is 0 Å². The van der Waals surface area contributed by atoms with E-state index in [-0.39, 0.29) is 0 Å². The van der Waals surface area contributed by atoms with Crippen LogP contribution in [0.2, 0.25) is 0 Å². The third-order valence-corrected chi connectivity index (χ3v) is 3.63. The van der Waals surface area contributed by atoms with Crippen LogP contribution in [0.25, 0.3) is 0 Å². The summed E-state index contributed by atoms with van der Waals surface area (Å²) in [7, 11) is 0. The van der Waals surface area contributed by atoms with Crippen molar-refractivity contribution < 1.29 is 0 Å². The minimum atomic E-state index is 0.663. The molecule has 0 heterocycles. The van der Waals surface area contributed by atoms with E-state index in [1.165, 1.54) is 5.56 Å². The fraction of sp³-hybridized carbons (Fsp3) is 0.188.